The van der Waals surface area contributed by atoms with Gasteiger partial charge in [-0.15, -0.1) is 0 Å². The maximum Gasteiger partial charge on any atom is 0.252 e. The number of pyridine rings is 2. The molecule has 0 aliphatic carbocycles. The van der Waals surface area contributed by atoms with Gasteiger partial charge in [0, 0.05) is 31.1 Å². The first-order valence-corrected chi connectivity index (χ1v) is 14.8. The molecule has 3 aliphatic rings. The van der Waals surface area contributed by atoms with E-state index in [9.17, 15) is 14.0 Å². The van der Waals surface area contributed by atoms with Gasteiger partial charge in [-0.25, -0.2) is 14.4 Å². The highest BCUT2D eigenvalue weighted by atomic mass is 19.1. The second-order valence-electron chi connectivity index (χ2n) is 12.1. The average Bonchev–Trinajstić information content (AvgIpc) is 3.70. The number of imidazole rings is 1. The Morgan fingerprint density at radius 1 is 1.26 bits per heavy atom. The normalized spacial score (nSPS) is 25.0. The standard InChI is InChI=1S/C32H34FN7O3/c1-18(2)40-17-35-25-14-24(37-29(27(25)40)36-23-8-11-34-16-21(23)33)26-15-32(20-6-4-5-7-22(20)38-31(32)42)10-12-39(26)30(41)28-19(3)9-13-43-28/h4-8,11,14,16-19,26,28H,9-10,12-13,15H2,1-3H3,(H,38,42)(H,34,36,37)/t19-,26+,28+,32?/m0/s1. The van der Waals surface area contributed by atoms with E-state index in [4.69, 9.17) is 9.72 Å². The van der Waals surface area contributed by atoms with Gasteiger partial charge in [-0.05, 0) is 62.8 Å². The minimum atomic E-state index is -0.821. The highest BCUT2D eigenvalue weighted by molar-refractivity contribution is 6.06. The number of carbonyl (C=O) groups is 2. The first-order valence-electron chi connectivity index (χ1n) is 14.8. The second-order valence-corrected chi connectivity index (χ2v) is 12.1. The number of aromatic nitrogens is 4. The quantitative estimate of drug-likeness (QED) is 0.329. The zero-order valence-corrected chi connectivity index (χ0v) is 24.4. The molecule has 2 N–H and O–H groups in total. The van der Waals surface area contributed by atoms with Crippen LogP contribution in [0.3, 0.4) is 0 Å². The lowest BCUT2D eigenvalue weighted by molar-refractivity contribution is -0.149. The third kappa shape index (κ3) is 4.45. The SMILES string of the molecule is CC(C)n1cnc2cc([C@H]3CC4(CCN3C(=O)[C@@H]3OCC[C@@H]3C)C(=O)Nc3ccccc34)nc(Nc3ccncc3F)c21. The number of rotatable bonds is 5. The molecular weight excluding hydrogens is 549 g/mol. The van der Waals surface area contributed by atoms with Gasteiger partial charge in [0.15, 0.2) is 11.6 Å². The second kappa shape index (κ2) is 10.4. The van der Waals surface area contributed by atoms with Gasteiger partial charge in [0.05, 0.1) is 40.9 Å². The van der Waals surface area contributed by atoms with Crippen LogP contribution in [0.15, 0.2) is 55.1 Å². The van der Waals surface area contributed by atoms with Crippen molar-refractivity contribution < 1.29 is 18.7 Å². The molecule has 7 rings (SSSR count). The van der Waals surface area contributed by atoms with E-state index in [1.165, 1.54) is 6.20 Å². The molecule has 2 fully saturated rings. The van der Waals surface area contributed by atoms with Crippen LogP contribution in [-0.4, -0.2) is 55.5 Å². The molecule has 1 spiro atoms. The average molecular weight is 584 g/mol. The number of para-hydroxylation sites is 1. The molecule has 2 amide bonds. The number of nitrogens with one attached hydrogen (secondary N) is 2. The van der Waals surface area contributed by atoms with Crippen LogP contribution in [-0.2, 0) is 19.7 Å². The van der Waals surface area contributed by atoms with E-state index in [0.717, 1.165) is 29.4 Å². The van der Waals surface area contributed by atoms with E-state index in [2.05, 4.69) is 20.6 Å². The Balaban J connectivity index is 1.38. The zero-order valence-electron chi connectivity index (χ0n) is 24.4. The maximum atomic E-state index is 14.8. The lowest BCUT2D eigenvalue weighted by Crippen LogP contribution is -2.53. The van der Waals surface area contributed by atoms with E-state index in [1.807, 2.05) is 60.6 Å². The van der Waals surface area contributed by atoms with Crippen LogP contribution in [0.4, 0.5) is 21.6 Å². The van der Waals surface area contributed by atoms with Crippen molar-refractivity contribution in [2.75, 3.05) is 23.8 Å². The summed E-state index contributed by atoms with van der Waals surface area (Å²) in [4.78, 5) is 43.2. The minimum absolute atomic E-state index is 0.0659. The van der Waals surface area contributed by atoms with Gasteiger partial charge < -0.3 is 24.8 Å². The Kier molecular flexibility index (Phi) is 6.65. The highest BCUT2D eigenvalue weighted by Gasteiger charge is 2.53. The Morgan fingerprint density at radius 2 is 2.09 bits per heavy atom. The number of fused-ring (bicyclic) bond motifs is 3. The number of halogens is 1. The number of hydrogen-bond acceptors (Lipinski definition) is 7. The van der Waals surface area contributed by atoms with E-state index >= 15 is 0 Å². The summed E-state index contributed by atoms with van der Waals surface area (Å²) in [7, 11) is 0. The van der Waals surface area contributed by atoms with Crippen LogP contribution < -0.4 is 10.6 Å². The number of anilines is 3. The zero-order chi connectivity index (χ0) is 29.9. The number of likely N-dealkylation sites (tertiary alicyclic amines) is 1. The highest BCUT2D eigenvalue weighted by Crippen LogP contribution is 2.50. The Bertz CT molecular complexity index is 1740. The van der Waals surface area contributed by atoms with Crippen LogP contribution in [0, 0.1) is 11.7 Å². The Morgan fingerprint density at radius 3 is 2.86 bits per heavy atom. The van der Waals surface area contributed by atoms with Crippen molar-refractivity contribution in [1.82, 2.24) is 24.4 Å². The van der Waals surface area contributed by atoms with Crippen LogP contribution in [0.1, 0.15) is 63.4 Å². The monoisotopic (exact) mass is 583 g/mol. The molecule has 0 saturated carbocycles. The molecule has 222 valence electrons. The molecule has 6 heterocycles. The van der Waals surface area contributed by atoms with Crippen molar-refractivity contribution >= 4 is 40.0 Å². The first-order chi connectivity index (χ1) is 20.8. The number of ether oxygens (including phenoxy) is 1. The fourth-order valence-corrected chi connectivity index (χ4v) is 6.87. The van der Waals surface area contributed by atoms with Crippen LogP contribution in [0.25, 0.3) is 11.0 Å². The van der Waals surface area contributed by atoms with Crippen LogP contribution in [0.5, 0.6) is 0 Å². The molecule has 1 unspecified atom stereocenters. The lowest BCUT2D eigenvalue weighted by atomic mass is 9.70. The number of hydrogen-bond donors (Lipinski definition) is 2. The summed E-state index contributed by atoms with van der Waals surface area (Å²) in [5.74, 6) is -0.181. The maximum absolute atomic E-state index is 14.8. The van der Waals surface area contributed by atoms with Crippen molar-refractivity contribution in [3.8, 4) is 0 Å². The van der Waals surface area contributed by atoms with Crippen molar-refractivity contribution in [2.45, 2.75) is 63.6 Å². The van der Waals surface area contributed by atoms with Gasteiger partial charge in [0.2, 0.25) is 5.91 Å². The van der Waals surface area contributed by atoms with Gasteiger partial charge in [0.25, 0.3) is 5.91 Å². The van der Waals surface area contributed by atoms with Crippen LogP contribution in [0.2, 0.25) is 0 Å². The van der Waals surface area contributed by atoms with Gasteiger partial charge in [-0.1, -0.05) is 25.1 Å². The number of piperidine rings is 1. The first kappa shape index (κ1) is 27.5. The molecule has 10 nitrogen and oxygen atoms in total. The van der Waals surface area contributed by atoms with Crippen molar-refractivity contribution in [3.05, 3.63) is 72.2 Å². The van der Waals surface area contributed by atoms with E-state index in [-0.39, 0.29) is 29.5 Å². The van der Waals surface area contributed by atoms with Gasteiger partial charge in [0.1, 0.15) is 11.6 Å². The predicted molar refractivity (Wildman–Crippen MR) is 159 cm³/mol. The fraction of sp³-hybridized carbons (Fsp3) is 0.406. The van der Waals surface area contributed by atoms with Gasteiger partial charge in [-0.2, -0.15) is 0 Å². The Hall–Kier alpha value is -4.38. The smallest absolute Gasteiger partial charge is 0.252 e. The molecule has 3 aromatic heterocycles. The van der Waals surface area contributed by atoms with E-state index < -0.39 is 23.4 Å². The summed E-state index contributed by atoms with van der Waals surface area (Å²) in [6, 6.07) is 10.7. The third-order valence-corrected chi connectivity index (χ3v) is 9.23. The minimum Gasteiger partial charge on any atom is -0.368 e. The number of carbonyl (C=O) groups excluding carboxylic acids is 2. The van der Waals surface area contributed by atoms with Crippen molar-refractivity contribution in [3.63, 3.8) is 0 Å². The summed E-state index contributed by atoms with van der Waals surface area (Å²) in [6.45, 7) is 7.01. The molecule has 3 aliphatic heterocycles. The summed E-state index contributed by atoms with van der Waals surface area (Å²) in [5, 5.41) is 6.24. The number of benzene rings is 1. The molecule has 11 heteroatoms. The Labute approximate surface area is 248 Å². The molecule has 43 heavy (non-hydrogen) atoms. The van der Waals surface area contributed by atoms with Crippen LogP contribution >= 0.6 is 0 Å². The largest absolute Gasteiger partial charge is 0.368 e. The lowest BCUT2D eigenvalue weighted by Gasteiger charge is -2.44. The molecule has 4 aromatic rings. The van der Waals surface area contributed by atoms with E-state index in [1.54, 1.807) is 12.4 Å². The molecule has 4 atom stereocenters. The molecule has 0 radical (unpaired) electrons. The summed E-state index contributed by atoms with van der Waals surface area (Å²) in [6.07, 6.45) is 5.50. The summed E-state index contributed by atoms with van der Waals surface area (Å²) >= 11 is 0. The number of amides is 2. The fourth-order valence-electron chi connectivity index (χ4n) is 6.87. The van der Waals surface area contributed by atoms with Crippen molar-refractivity contribution in [2.24, 2.45) is 5.92 Å². The van der Waals surface area contributed by atoms with Gasteiger partial charge in [-0.3, -0.25) is 14.6 Å². The van der Waals surface area contributed by atoms with E-state index in [0.29, 0.717) is 43.0 Å². The molecule has 1 aromatic carbocycles. The summed E-state index contributed by atoms with van der Waals surface area (Å²) in [5.41, 5.74) is 3.09. The summed E-state index contributed by atoms with van der Waals surface area (Å²) < 4.78 is 22.7. The predicted octanol–water partition coefficient (Wildman–Crippen LogP) is 5.27. The van der Waals surface area contributed by atoms with Crippen molar-refractivity contribution in [1.29, 1.82) is 0 Å². The molecule has 0 bridgehead atoms. The number of nitrogens with zero attached hydrogens (tertiary/aromatic N) is 5. The molecule has 2 saturated heterocycles. The topological polar surface area (TPSA) is 114 Å². The third-order valence-electron chi connectivity index (χ3n) is 9.23. The molecular formula is C32H34FN7O3. The van der Waals surface area contributed by atoms with Gasteiger partial charge >= 0.3 is 0 Å².